The zero-order valence-electron chi connectivity index (χ0n) is 35.8. The van der Waals surface area contributed by atoms with Crippen molar-refractivity contribution in [1.82, 2.24) is 9.55 Å². The lowest BCUT2D eigenvalue weighted by Crippen LogP contribution is -2.25. The molecule has 0 aliphatic carbocycles. The number of hydrogen-bond donors (Lipinski definition) is 0. The summed E-state index contributed by atoms with van der Waals surface area (Å²) in [5, 5.41) is 2.35. The Morgan fingerprint density at radius 3 is 1.90 bits per heavy atom. The highest BCUT2D eigenvalue weighted by Gasteiger charge is 2.32. The van der Waals surface area contributed by atoms with Crippen LogP contribution in [0.3, 0.4) is 0 Å². The van der Waals surface area contributed by atoms with Crippen molar-refractivity contribution in [2.24, 2.45) is 0 Å². The molecule has 0 atom stereocenters. The molecule has 0 fully saturated rings. The van der Waals surface area contributed by atoms with Gasteiger partial charge in [-0.1, -0.05) is 135 Å². The first-order valence-electron chi connectivity index (χ1n) is 20.8. The Bertz CT molecular complexity index is 2860. The van der Waals surface area contributed by atoms with E-state index >= 15 is 0 Å². The molecular weight excluding hydrogens is 721 g/mol. The van der Waals surface area contributed by atoms with Crippen LogP contribution in [0.2, 0.25) is 0 Å². The quantitative estimate of drug-likeness (QED) is 0.168. The maximum atomic E-state index is 6.75. The summed E-state index contributed by atoms with van der Waals surface area (Å²) in [5.74, 6) is 2.45. The maximum absolute atomic E-state index is 6.75. The second kappa shape index (κ2) is 14.2. The van der Waals surface area contributed by atoms with Gasteiger partial charge < -0.3 is 14.5 Å². The van der Waals surface area contributed by atoms with Crippen LogP contribution in [0.25, 0.3) is 38.8 Å². The first-order valence-corrected chi connectivity index (χ1v) is 20.8. The van der Waals surface area contributed by atoms with Gasteiger partial charge in [0.25, 0.3) is 0 Å². The lowest BCUT2D eigenvalue weighted by molar-refractivity contribution is 0.483. The molecule has 296 valence electrons. The predicted octanol–water partition coefficient (Wildman–Crippen LogP) is 14.8. The summed E-state index contributed by atoms with van der Waals surface area (Å²) in [4.78, 5) is 9.77. The van der Waals surface area contributed by atoms with E-state index in [0.29, 0.717) is 6.67 Å². The average molecular weight is 775 g/mol. The molecule has 5 nitrogen and oxygen atoms in total. The highest BCUT2D eigenvalue weighted by Crippen LogP contribution is 2.49. The molecule has 1 aliphatic rings. The number of benzene rings is 6. The van der Waals surface area contributed by atoms with Crippen molar-refractivity contribution in [2.75, 3.05) is 16.5 Å². The Kier molecular flexibility index (Phi) is 9.19. The van der Waals surface area contributed by atoms with E-state index < -0.39 is 0 Å². The molecule has 59 heavy (non-hydrogen) atoms. The summed E-state index contributed by atoms with van der Waals surface area (Å²) in [6, 6.07) is 52.5. The SMILES string of the molecule is CC(C)(C)c1ccnc(-n2c3ccccc3c3ccc(Oc4cccc(N5CN(c6cc(C(C)(C)C)ccc6-c6ccccc6C(C)(C)C)c6ccccc65)c4)cc32)c1. The molecule has 3 heterocycles. The number of ether oxygens (including phenoxy) is 1. The molecule has 9 rings (SSSR count). The third-order valence-electron chi connectivity index (χ3n) is 11.8. The van der Waals surface area contributed by atoms with Gasteiger partial charge in [-0.05, 0) is 99.2 Å². The van der Waals surface area contributed by atoms with Gasteiger partial charge in [-0.2, -0.15) is 0 Å². The largest absolute Gasteiger partial charge is 0.457 e. The van der Waals surface area contributed by atoms with Crippen molar-refractivity contribution in [3.8, 4) is 28.4 Å². The van der Waals surface area contributed by atoms with Crippen LogP contribution in [0.15, 0.2) is 152 Å². The van der Waals surface area contributed by atoms with Gasteiger partial charge in [0.2, 0.25) is 0 Å². The van der Waals surface area contributed by atoms with E-state index in [1.807, 2.05) is 12.3 Å². The van der Waals surface area contributed by atoms with Crippen LogP contribution in [-0.4, -0.2) is 16.2 Å². The van der Waals surface area contributed by atoms with Gasteiger partial charge in [-0.25, -0.2) is 4.98 Å². The fraction of sp³-hybridized carbons (Fsp3) is 0.241. The molecule has 2 aromatic heterocycles. The third kappa shape index (κ3) is 7.03. The average Bonchev–Trinajstić information content (AvgIpc) is 3.76. The van der Waals surface area contributed by atoms with Gasteiger partial charge in [0.15, 0.2) is 0 Å². The van der Waals surface area contributed by atoms with E-state index in [2.05, 4.69) is 216 Å². The molecule has 0 bridgehead atoms. The molecule has 0 saturated carbocycles. The van der Waals surface area contributed by atoms with Crippen LogP contribution >= 0.6 is 0 Å². The number of rotatable bonds is 6. The molecule has 8 aromatic rings. The van der Waals surface area contributed by atoms with E-state index in [9.17, 15) is 0 Å². The van der Waals surface area contributed by atoms with Crippen molar-refractivity contribution in [2.45, 2.75) is 78.6 Å². The Morgan fingerprint density at radius 2 is 1.14 bits per heavy atom. The topological polar surface area (TPSA) is 33.5 Å². The summed E-state index contributed by atoms with van der Waals surface area (Å²) in [6.07, 6.45) is 1.92. The minimum atomic E-state index is -0.0126. The van der Waals surface area contributed by atoms with E-state index in [1.165, 1.54) is 50.0 Å². The van der Waals surface area contributed by atoms with Crippen LogP contribution in [0.5, 0.6) is 11.5 Å². The molecule has 0 N–H and O–H groups in total. The standard InChI is InChI=1S/C54H54N4O/c1-52(2,3)36-25-27-43(41-19-10-12-21-45(41)54(7,8)9)49(31-36)57-35-56(47-23-14-15-24-48(47)57)38-17-16-18-39(33-38)59-40-26-28-44-42-20-11-13-22-46(42)58(50(44)34-40)51-32-37(29-30-55-51)53(4,5)6/h10-34H,35H2,1-9H3. The Morgan fingerprint density at radius 1 is 0.475 bits per heavy atom. The van der Waals surface area contributed by atoms with Crippen molar-refractivity contribution >= 4 is 44.6 Å². The van der Waals surface area contributed by atoms with Gasteiger partial charge in [-0.3, -0.25) is 4.57 Å². The zero-order valence-corrected chi connectivity index (χ0v) is 35.8. The number of nitrogens with zero attached hydrogens (tertiary/aromatic N) is 4. The molecule has 5 heteroatoms. The fourth-order valence-corrected chi connectivity index (χ4v) is 8.58. The second-order valence-corrected chi connectivity index (χ2v) is 19.0. The van der Waals surface area contributed by atoms with E-state index in [0.717, 1.165) is 39.7 Å². The molecule has 0 spiro atoms. The number of aromatic nitrogens is 2. The third-order valence-corrected chi connectivity index (χ3v) is 11.8. The number of anilines is 4. The normalized spacial score (nSPS) is 13.4. The van der Waals surface area contributed by atoms with Gasteiger partial charge in [0, 0.05) is 40.4 Å². The summed E-state index contributed by atoms with van der Waals surface area (Å²) in [5.41, 5.74) is 13.2. The smallest absolute Gasteiger partial charge is 0.137 e. The van der Waals surface area contributed by atoms with Crippen molar-refractivity contribution < 1.29 is 4.74 Å². The molecular formula is C54H54N4O. The van der Waals surface area contributed by atoms with Crippen LogP contribution < -0.4 is 14.5 Å². The van der Waals surface area contributed by atoms with Gasteiger partial charge >= 0.3 is 0 Å². The molecule has 0 amide bonds. The van der Waals surface area contributed by atoms with Crippen molar-refractivity contribution in [1.29, 1.82) is 0 Å². The minimum Gasteiger partial charge on any atom is -0.457 e. The molecule has 1 aliphatic heterocycles. The summed E-state index contributed by atoms with van der Waals surface area (Å²) < 4.78 is 9.02. The molecule has 0 saturated heterocycles. The van der Waals surface area contributed by atoms with E-state index in [-0.39, 0.29) is 16.2 Å². The first kappa shape index (κ1) is 38.2. The predicted molar refractivity (Wildman–Crippen MR) is 249 cm³/mol. The van der Waals surface area contributed by atoms with Crippen LogP contribution in [0.1, 0.15) is 79.0 Å². The summed E-state index contributed by atoms with van der Waals surface area (Å²) in [6.45, 7) is 21.2. The summed E-state index contributed by atoms with van der Waals surface area (Å²) >= 11 is 0. The maximum Gasteiger partial charge on any atom is 0.137 e. The number of fused-ring (bicyclic) bond motifs is 4. The zero-order chi connectivity index (χ0) is 41.3. The van der Waals surface area contributed by atoms with Crippen molar-refractivity contribution in [3.05, 3.63) is 168 Å². The lowest BCUT2D eigenvalue weighted by atomic mass is 9.80. The Labute approximate surface area is 349 Å². The molecule has 0 unspecified atom stereocenters. The highest BCUT2D eigenvalue weighted by atomic mass is 16.5. The van der Waals surface area contributed by atoms with Gasteiger partial charge in [-0.15, -0.1) is 0 Å². The van der Waals surface area contributed by atoms with Crippen LogP contribution in [0.4, 0.5) is 22.7 Å². The van der Waals surface area contributed by atoms with Gasteiger partial charge in [0.1, 0.15) is 24.0 Å². The van der Waals surface area contributed by atoms with Crippen LogP contribution in [-0.2, 0) is 16.2 Å². The van der Waals surface area contributed by atoms with Crippen molar-refractivity contribution in [3.63, 3.8) is 0 Å². The Hall–Kier alpha value is -6.33. The van der Waals surface area contributed by atoms with E-state index in [4.69, 9.17) is 9.72 Å². The first-order chi connectivity index (χ1) is 28.1. The minimum absolute atomic E-state index is 0.000934. The number of pyridine rings is 1. The molecule has 0 radical (unpaired) electrons. The highest BCUT2D eigenvalue weighted by molar-refractivity contribution is 6.09. The fourth-order valence-electron chi connectivity index (χ4n) is 8.58. The number of hydrogen-bond acceptors (Lipinski definition) is 4. The van der Waals surface area contributed by atoms with E-state index in [1.54, 1.807) is 0 Å². The summed E-state index contributed by atoms with van der Waals surface area (Å²) in [7, 11) is 0. The Balaban J connectivity index is 1.10. The van der Waals surface area contributed by atoms with Crippen LogP contribution in [0, 0.1) is 0 Å². The monoisotopic (exact) mass is 774 g/mol. The second-order valence-electron chi connectivity index (χ2n) is 19.0. The molecule has 6 aromatic carbocycles. The van der Waals surface area contributed by atoms with Gasteiger partial charge in [0.05, 0.1) is 28.1 Å². The number of para-hydroxylation sites is 3. The lowest BCUT2D eigenvalue weighted by Gasteiger charge is -2.30.